The molecule has 2 rings (SSSR count). The highest BCUT2D eigenvalue weighted by molar-refractivity contribution is 5.89. The van der Waals surface area contributed by atoms with Gasteiger partial charge < -0.3 is 47.5 Å². The Bertz CT molecular complexity index is 1040. The molecular formula is C31H56N6O8. The minimum absolute atomic E-state index is 0.0613. The van der Waals surface area contributed by atoms with Crippen LogP contribution in [0.4, 0.5) is 0 Å². The second-order valence-electron chi connectivity index (χ2n) is 11.7. The van der Waals surface area contributed by atoms with Gasteiger partial charge in [0.15, 0.2) is 5.96 Å². The number of rotatable bonds is 14. The average molecular weight is 641 g/mol. The Labute approximate surface area is 266 Å². The van der Waals surface area contributed by atoms with Gasteiger partial charge in [-0.25, -0.2) is 9.79 Å². The third-order valence-electron chi connectivity index (χ3n) is 8.52. The highest BCUT2D eigenvalue weighted by Crippen LogP contribution is 2.39. The Morgan fingerprint density at radius 3 is 2.07 bits per heavy atom. The van der Waals surface area contributed by atoms with Gasteiger partial charge in [0.25, 0.3) is 0 Å². The minimum Gasteiger partial charge on any atom is -0.481 e. The van der Waals surface area contributed by atoms with Gasteiger partial charge in [0, 0.05) is 37.4 Å². The zero-order valence-corrected chi connectivity index (χ0v) is 27.8. The Kier molecular flexibility index (Phi) is 17.1. The van der Waals surface area contributed by atoms with Crippen molar-refractivity contribution in [2.24, 2.45) is 39.9 Å². The van der Waals surface area contributed by atoms with Gasteiger partial charge in [-0.1, -0.05) is 40.5 Å². The predicted octanol–water partition coefficient (Wildman–Crippen LogP) is 0.936. The number of aliphatic carboxylic acids is 1. The normalized spacial score (nSPS) is 26.6. The van der Waals surface area contributed by atoms with E-state index >= 15 is 0 Å². The number of hydrogen-bond acceptors (Lipinski definition) is 9. The highest BCUT2D eigenvalue weighted by Gasteiger charge is 2.50. The van der Waals surface area contributed by atoms with Crippen molar-refractivity contribution in [3.05, 3.63) is 11.6 Å². The first kappa shape index (κ1) is 39.8. The molecule has 0 aliphatic heterocycles. The van der Waals surface area contributed by atoms with Crippen molar-refractivity contribution in [3.63, 3.8) is 0 Å². The molecule has 45 heavy (non-hydrogen) atoms. The van der Waals surface area contributed by atoms with Gasteiger partial charge in [-0.15, -0.1) is 0 Å². The number of carboxylic acid groups (broad SMARTS) is 1. The number of hydrogen-bond donors (Lipinski definition) is 7. The lowest BCUT2D eigenvalue weighted by molar-refractivity contribution is -0.145. The molecule has 14 heteroatoms. The first-order valence-corrected chi connectivity index (χ1v) is 16.0. The molecule has 0 aromatic rings. The molecule has 258 valence electrons. The lowest BCUT2D eigenvalue weighted by Crippen LogP contribution is -2.57. The Balaban J connectivity index is 0.000000450. The maximum atomic E-state index is 12.0. The molecule has 1 unspecified atom stereocenters. The lowest BCUT2D eigenvalue weighted by atomic mass is 9.80. The van der Waals surface area contributed by atoms with Crippen LogP contribution in [-0.2, 0) is 28.7 Å². The maximum Gasteiger partial charge on any atom is 0.333 e. The van der Waals surface area contributed by atoms with Crippen molar-refractivity contribution in [3.8, 4) is 0 Å². The van der Waals surface area contributed by atoms with Crippen LogP contribution < -0.4 is 27.8 Å². The summed E-state index contributed by atoms with van der Waals surface area (Å²) < 4.78 is 11.1. The summed E-state index contributed by atoms with van der Waals surface area (Å²) in [5.74, 6) is -3.36. The number of aliphatic hydroxyl groups excluding tert-OH is 1. The van der Waals surface area contributed by atoms with E-state index in [1.807, 2.05) is 27.7 Å². The van der Waals surface area contributed by atoms with Crippen LogP contribution >= 0.6 is 0 Å². The van der Waals surface area contributed by atoms with Crippen LogP contribution in [0.1, 0.15) is 87.0 Å². The fourth-order valence-corrected chi connectivity index (χ4v) is 6.26. The zero-order chi connectivity index (χ0) is 34.4. The Hall–Kier alpha value is -3.23. The summed E-state index contributed by atoms with van der Waals surface area (Å²) in [7, 11) is 0. The van der Waals surface area contributed by atoms with E-state index in [4.69, 9.17) is 26.7 Å². The second kappa shape index (κ2) is 19.3. The number of carbonyl (C=O) groups excluding carboxylic acids is 3. The van der Waals surface area contributed by atoms with E-state index in [9.17, 15) is 29.4 Å². The SMILES string of the molecule is CCC(CC)C(NC(C)=O)[C@@H]1[C@H](O)[C@@H](C(=O)O)C[C@H]1N=C(N)N.CCOC(=O)C1=C[C@@H](OC(CC)CC)[C@H](NC(C)=O)[C@@H](N)C1. The van der Waals surface area contributed by atoms with Crippen LogP contribution in [0.3, 0.4) is 0 Å². The molecule has 0 aromatic heterocycles. The predicted molar refractivity (Wildman–Crippen MR) is 171 cm³/mol. The van der Waals surface area contributed by atoms with E-state index in [0.717, 1.165) is 25.7 Å². The fourth-order valence-electron chi connectivity index (χ4n) is 6.26. The molecule has 10 N–H and O–H groups in total. The molecule has 2 aliphatic rings. The van der Waals surface area contributed by atoms with Gasteiger partial charge >= 0.3 is 11.9 Å². The van der Waals surface area contributed by atoms with Crippen molar-refractivity contribution < 1.29 is 38.9 Å². The van der Waals surface area contributed by atoms with Gasteiger partial charge in [0.2, 0.25) is 11.8 Å². The lowest BCUT2D eigenvalue weighted by Gasteiger charge is -2.36. The molecule has 0 radical (unpaired) electrons. The second-order valence-corrected chi connectivity index (χ2v) is 11.7. The van der Waals surface area contributed by atoms with E-state index in [-0.39, 0.29) is 60.3 Å². The first-order valence-electron chi connectivity index (χ1n) is 16.0. The summed E-state index contributed by atoms with van der Waals surface area (Å²) in [6, 6.07) is -1.63. The molecule has 0 aromatic carbocycles. The summed E-state index contributed by atoms with van der Waals surface area (Å²) in [6.45, 7) is 13.0. The summed E-state index contributed by atoms with van der Waals surface area (Å²) >= 11 is 0. The highest BCUT2D eigenvalue weighted by atomic mass is 16.5. The summed E-state index contributed by atoms with van der Waals surface area (Å²) in [5.41, 5.74) is 17.6. The van der Waals surface area contributed by atoms with Crippen molar-refractivity contribution in [1.82, 2.24) is 10.6 Å². The molecule has 2 aliphatic carbocycles. The number of amides is 2. The molecule has 0 heterocycles. The number of carbonyl (C=O) groups is 4. The number of aliphatic hydroxyl groups is 1. The van der Waals surface area contributed by atoms with Crippen LogP contribution in [0.15, 0.2) is 16.6 Å². The number of ether oxygens (including phenoxy) is 2. The fraction of sp³-hybridized carbons (Fsp3) is 0.774. The van der Waals surface area contributed by atoms with Crippen LogP contribution in [0, 0.1) is 17.8 Å². The molecule has 1 fully saturated rings. The first-order chi connectivity index (χ1) is 21.1. The van der Waals surface area contributed by atoms with Crippen LogP contribution in [0.2, 0.25) is 0 Å². The largest absolute Gasteiger partial charge is 0.481 e. The Morgan fingerprint density at radius 2 is 1.62 bits per heavy atom. The number of esters is 1. The van der Waals surface area contributed by atoms with Gasteiger partial charge in [-0.3, -0.25) is 14.4 Å². The number of nitrogens with zero attached hydrogens (tertiary/aromatic N) is 1. The number of nitrogens with one attached hydrogen (secondary N) is 2. The van der Waals surface area contributed by atoms with E-state index in [1.54, 1.807) is 13.0 Å². The van der Waals surface area contributed by atoms with Gasteiger partial charge in [-0.2, -0.15) is 0 Å². The maximum absolute atomic E-state index is 12.0. The third-order valence-corrected chi connectivity index (χ3v) is 8.52. The number of nitrogens with two attached hydrogens (primary N) is 3. The van der Waals surface area contributed by atoms with Crippen molar-refractivity contribution in [2.45, 2.75) is 129 Å². The number of guanidine groups is 1. The van der Waals surface area contributed by atoms with Gasteiger partial charge in [0.05, 0.1) is 42.9 Å². The van der Waals surface area contributed by atoms with Crippen molar-refractivity contribution in [2.75, 3.05) is 6.61 Å². The molecule has 2 amide bonds. The molecule has 14 nitrogen and oxygen atoms in total. The van der Waals surface area contributed by atoms with E-state index in [1.165, 1.54) is 13.8 Å². The Morgan fingerprint density at radius 1 is 1.02 bits per heavy atom. The van der Waals surface area contributed by atoms with E-state index < -0.39 is 36.1 Å². The summed E-state index contributed by atoms with van der Waals surface area (Å²) in [5, 5.41) is 25.6. The molecule has 0 spiro atoms. The monoisotopic (exact) mass is 640 g/mol. The van der Waals surface area contributed by atoms with Crippen molar-refractivity contribution >= 4 is 29.7 Å². The zero-order valence-electron chi connectivity index (χ0n) is 27.8. The van der Waals surface area contributed by atoms with Crippen LogP contribution in [0.5, 0.6) is 0 Å². The standard InChI is InChI=1S/C16H28N2O4.C15H28N4O4/c1-5-12(6-2)22-14-9-11(16(20)21-7-3)8-13(17)15(14)18-10(4)19;1-4-8(5-2)12(18-7(3)20)11-10(19-15(16)17)6-9(13(11)21)14(22)23/h9,12-15H,5-8,17H2,1-4H3,(H,18,19);8-13,21H,4-6H2,1-3H3,(H,18,20)(H,22,23)(H4,16,17,19)/t13-,14+,15+;9-,10+,11+,12?,13+/m00/s1. The van der Waals surface area contributed by atoms with Gasteiger partial charge in [-0.05, 0) is 44.6 Å². The average Bonchev–Trinajstić information content (AvgIpc) is 3.28. The molecule has 8 atom stereocenters. The van der Waals surface area contributed by atoms with Crippen molar-refractivity contribution in [1.29, 1.82) is 0 Å². The van der Waals surface area contributed by atoms with Crippen LogP contribution in [-0.4, -0.2) is 89.0 Å². The molecule has 1 saturated carbocycles. The smallest absolute Gasteiger partial charge is 0.333 e. The van der Waals surface area contributed by atoms with Crippen LogP contribution in [0.25, 0.3) is 0 Å². The van der Waals surface area contributed by atoms with E-state index in [0.29, 0.717) is 18.6 Å². The van der Waals surface area contributed by atoms with E-state index in [2.05, 4.69) is 15.6 Å². The summed E-state index contributed by atoms with van der Waals surface area (Å²) in [4.78, 5) is 50.5. The van der Waals surface area contributed by atoms with Gasteiger partial charge in [0.1, 0.15) is 0 Å². The minimum atomic E-state index is -1.11. The number of carboxylic acids is 1. The number of aliphatic imine (C=N–C) groups is 1. The molecular weight excluding hydrogens is 584 g/mol. The summed E-state index contributed by atoms with van der Waals surface area (Å²) in [6.07, 6.45) is 4.09. The molecule has 0 bridgehead atoms. The quantitative estimate of drug-likeness (QED) is 0.0800. The topological polar surface area (TPSA) is 242 Å². The molecule has 0 saturated heterocycles. The third kappa shape index (κ3) is 11.9.